The van der Waals surface area contributed by atoms with Crippen LogP contribution >= 0.6 is 0 Å². The van der Waals surface area contributed by atoms with Gasteiger partial charge in [-0.15, -0.1) is 0 Å². The lowest BCUT2D eigenvalue weighted by atomic mass is 9.95. The fraction of sp³-hybridized carbons (Fsp3) is 0.929. The standard InChI is InChI=1S/C14H29N3OS/c1-5-19(18)13-8-6-7-12(9-13)17-14(15-4)16-10-11(2)3/h11-13H,5-10H2,1-4H3,(H2,15,16,17). The van der Waals surface area contributed by atoms with Crippen molar-refractivity contribution < 1.29 is 4.21 Å². The predicted octanol–water partition coefficient (Wildman–Crippen LogP) is 1.89. The second-order valence-corrected chi connectivity index (χ2v) is 7.65. The fourth-order valence-electron chi connectivity index (χ4n) is 2.44. The molecule has 112 valence electrons. The van der Waals surface area contributed by atoms with Gasteiger partial charge < -0.3 is 10.6 Å². The molecule has 1 aliphatic carbocycles. The van der Waals surface area contributed by atoms with Gasteiger partial charge in [0, 0.05) is 41.4 Å². The lowest BCUT2D eigenvalue weighted by Gasteiger charge is -2.30. The summed E-state index contributed by atoms with van der Waals surface area (Å²) < 4.78 is 11.9. The molecule has 0 bridgehead atoms. The minimum absolute atomic E-state index is 0.361. The number of nitrogens with zero attached hydrogens (tertiary/aromatic N) is 1. The van der Waals surface area contributed by atoms with Crippen LogP contribution in [0.4, 0.5) is 0 Å². The van der Waals surface area contributed by atoms with Gasteiger partial charge in [-0.2, -0.15) is 0 Å². The first kappa shape index (κ1) is 16.5. The van der Waals surface area contributed by atoms with Crippen LogP contribution in [0.5, 0.6) is 0 Å². The Balaban J connectivity index is 2.44. The Morgan fingerprint density at radius 2 is 2.16 bits per heavy atom. The number of nitrogens with one attached hydrogen (secondary N) is 2. The van der Waals surface area contributed by atoms with E-state index in [4.69, 9.17) is 0 Å². The highest BCUT2D eigenvalue weighted by Crippen LogP contribution is 2.22. The maximum absolute atomic E-state index is 11.9. The molecule has 0 aromatic carbocycles. The molecule has 0 heterocycles. The van der Waals surface area contributed by atoms with Gasteiger partial charge in [-0.3, -0.25) is 9.20 Å². The third kappa shape index (κ3) is 5.93. The lowest BCUT2D eigenvalue weighted by Crippen LogP contribution is -2.47. The van der Waals surface area contributed by atoms with E-state index >= 15 is 0 Å². The van der Waals surface area contributed by atoms with Crippen molar-refractivity contribution in [3.8, 4) is 0 Å². The van der Waals surface area contributed by atoms with Crippen LogP contribution in [-0.4, -0.2) is 40.8 Å². The van der Waals surface area contributed by atoms with Crippen molar-refractivity contribution in [1.29, 1.82) is 0 Å². The molecular formula is C14H29N3OS. The van der Waals surface area contributed by atoms with E-state index in [0.29, 0.717) is 17.2 Å². The Morgan fingerprint density at radius 3 is 2.74 bits per heavy atom. The smallest absolute Gasteiger partial charge is 0.191 e. The number of rotatable bonds is 5. The summed E-state index contributed by atoms with van der Waals surface area (Å²) in [5.74, 6) is 2.25. The first-order valence-corrected chi connectivity index (χ1v) is 8.79. The molecule has 0 spiro atoms. The molecule has 4 nitrogen and oxygen atoms in total. The Kier molecular flexibility index (Phi) is 7.42. The molecule has 3 atom stereocenters. The van der Waals surface area contributed by atoms with Crippen LogP contribution in [0.15, 0.2) is 4.99 Å². The molecule has 3 unspecified atom stereocenters. The van der Waals surface area contributed by atoms with Crippen molar-refractivity contribution in [2.75, 3.05) is 19.3 Å². The Morgan fingerprint density at radius 1 is 1.42 bits per heavy atom. The maximum atomic E-state index is 11.9. The minimum Gasteiger partial charge on any atom is -0.356 e. The van der Waals surface area contributed by atoms with Crippen LogP contribution in [0.1, 0.15) is 46.5 Å². The molecule has 0 saturated heterocycles. The Bertz CT molecular complexity index is 318. The number of aliphatic imine (C=N–C) groups is 1. The van der Waals surface area contributed by atoms with Crippen LogP contribution in [0.2, 0.25) is 0 Å². The fourth-order valence-corrected chi connectivity index (χ4v) is 3.79. The summed E-state index contributed by atoms with van der Waals surface area (Å²) in [5.41, 5.74) is 0. The largest absolute Gasteiger partial charge is 0.356 e. The zero-order valence-electron chi connectivity index (χ0n) is 12.7. The van der Waals surface area contributed by atoms with Crippen LogP contribution < -0.4 is 10.6 Å². The van der Waals surface area contributed by atoms with Crippen molar-refractivity contribution in [2.45, 2.75) is 57.7 Å². The summed E-state index contributed by atoms with van der Waals surface area (Å²) in [5, 5.41) is 7.17. The molecule has 1 aliphatic rings. The molecule has 5 heteroatoms. The van der Waals surface area contributed by atoms with Gasteiger partial charge in [-0.05, 0) is 25.2 Å². The van der Waals surface area contributed by atoms with Gasteiger partial charge in [0.2, 0.25) is 0 Å². The van der Waals surface area contributed by atoms with E-state index in [9.17, 15) is 4.21 Å². The molecule has 1 fully saturated rings. The van der Waals surface area contributed by atoms with Crippen LogP contribution in [0.25, 0.3) is 0 Å². The summed E-state index contributed by atoms with van der Waals surface area (Å²) in [6.45, 7) is 7.30. The minimum atomic E-state index is -0.662. The second-order valence-electron chi connectivity index (χ2n) is 5.65. The molecule has 0 amide bonds. The molecule has 19 heavy (non-hydrogen) atoms. The van der Waals surface area contributed by atoms with Gasteiger partial charge in [-0.25, -0.2) is 0 Å². The lowest BCUT2D eigenvalue weighted by molar-refractivity contribution is 0.412. The molecule has 0 aromatic rings. The Hall–Kier alpha value is -0.580. The van der Waals surface area contributed by atoms with Crippen molar-refractivity contribution in [1.82, 2.24) is 10.6 Å². The number of hydrogen-bond donors (Lipinski definition) is 2. The molecule has 2 N–H and O–H groups in total. The summed E-state index contributed by atoms with van der Waals surface area (Å²) >= 11 is 0. The zero-order valence-corrected chi connectivity index (χ0v) is 13.6. The topological polar surface area (TPSA) is 53.5 Å². The van der Waals surface area contributed by atoms with E-state index in [2.05, 4.69) is 29.5 Å². The predicted molar refractivity (Wildman–Crippen MR) is 84.1 cm³/mol. The Labute approximate surface area is 120 Å². The average Bonchev–Trinajstić information content (AvgIpc) is 2.42. The highest BCUT2D eigenvalue weighted by molar-refractivity contribution is 7.85. The van der Waals surface area contributed by atoms with Gasteiger partial charge in [0.25, 0.3) is 0 Å². The van der Waals surface area contributed by atoms with Crippen molar-refractivity contribution in [3.63, 3.8) is 0 Å². The van der Waals surface area contributed by atoms with E-state index in [1.165, 1.54) is 0 Å². The summed E-state index contributed by atoms with van der Waals surface area (Å²) in [4.78, 5) is 4.26. The summed E-state index contributed by atoms with van der Waals surface area (Å²) in [6, 6.07) is 0.410. The van der Waals surface area contributed by atoms with Gasteiger partial charge in [0.15, 0.2) is 5.96 Å². The molecular weight excluding hydrogens is 258 g/mol. The van der Waals surface area contributed by atoms with Crippen molar-refractivity contribution in [2.24, 2.45) is 10.9 Å². The van der Waals surface area contributed by atoms with Crippen LogP contribution in [0.3, 0.4) is 0 Å². The van der Waals surface area contributed by atoms with Crippen molar-refractivity contribution in [3.05, 3.63) is 0 Å². The second kappa shape index (κ2) is 8.56. The molecule has 1 rings (SSSR count). The van der Waals surface area contributed by atoms with E-state index in [-0.39, 0.29) is 0 Å². The van der Waals surface area contributed by atoms with Gasteiger partial charge in [0.05, 0.1) is 0 Å². The molecule has 1 saturated carbocycles. The summed E-state index contributed by atoms with van der Waals surface area (Å²) in [7, 11) is 1.14. The maximum Gasteiger partial charge on any atom is 0.191 e. The normalized spacial score (nSPS) is 26.3. The zero-order chi connectivity index (χ0) is 14.3. The summed E-state index contributed by atoms with van der Waals surface area (Å²) in [6.07, 6.45) is 4.43. The van der Waals surface area contributed by atoms with E-state index in [0.717, 1.165) is 43.9 Å². The average molecular weight is 287 g/mol. The first-order chi connectivity index (χ1) is 9.06. The molecule has 0 aliphatic heterocycles. The monoisotopic (exact) mass is 287 g/mol. The van der Waals surface area contributed by atoms with Gasteiger partial charge >= 0.3 is 0 Å². The van der Waals surface area contributed by atoms with Crippen molar-refractivity contribution >= 4 is 16.8 Å². The molecule has 0 aromatic heterocycles. The number of guanidine groups is 1. The first-order valence-electron chi connectivity index (χ1n) is 7.41. The van der Waals surface area contributed by atoms with Gasteiger partial charge in [-0.1, -0.05) is 27.2 Å². The third-order valence-corrected chi connectivity index (χ3v) is 5.27. The molecule has 0 radical (unpaired) electrons. The van der Waals surface area contributed by atoms with E-state index in [1.807, 2.05) is 6.92 Å². The van der Waals surface area contributed by atoms with E-state index < -0.39 is 10.8 Å². The highest BCUT2D eigenvalue weighted by atomic mass is 32.2. The van der Waals surface area contributed by atoms with Gasteiger partial charge in [0.1, 0.15) is 0 Å². The highest BCUT2D eigenvalue weighted by Gasteiger charge is 2.25. The van der Waals surface area contributed by atoms with E-state index in [1.54, 1.807) is 7.05 Å². The number of hydrogen-bond acceptors (Lipinski definition) is 2. The van der Waals surface area contributed by atoms with Crippen LogP contribution in [0, 0.1) is 5.92 Å². The quantitative estimate of drug-likeness (QED) is 0.600. The third-order valence-electron chi connectivity index (χ3n) is 3.52. The van der Waals surface area contributed by atoms with Crippen LogP contribution in [-0.2, 0) is 10.8 Å². The SMILES string of the molecule is CCS(=O)C1CCCC(NC(=NC)NCC(C)C)C1.